The second-order valence-electron chi connectivity index (χ2n) is 10.8. The van der Waals surface area contributed by atoms with Crippen LogP contribution in [0.2, 0.25) is 0 Å². The molecule has 0 saturated carbocycles. The number of aliphatic carboxylic acids is 1. The molecule has 12 heteroatoms. The highest BCUT2D eigenvalue weighted by molar-refractivity contribution is 7.89. The van der Waals surface area contributed by atoms with E-state index >= 15 is 0 Å². The maximum atomic E-state index is 14.0. The second-order valence-corrected chi connectivity index (χ2v) is 13.5. The third-order valence-corrected chi connectivity index (χ3v) is 10.4. The molecule has 220 valence electrons. The lowest BCUT2D eigenvalue weighted by Crippen LogP contribution is -2.51. The van der Waals surface area contributed by atoms with Gasteiger partial charge < -0.3 is 15.3 Å². The molecule has 3 heterocycles. The number of alkyl halides is 1. The molecule has 3 aromatic rings. The molecule has 1 saturated heterocycles. The van der Waals surface area contributed by atoms with E-state index in [2.05, 4.69) is 15.0 Å². The fourth-order valence-corrected chi connectivity index (χ4v) is 8.14. The Morgan fingerprint density at radius 2 is 2.00 bits per heavy atom. The van der Waals surface area contributed by atoms with Crippen LogP contribution in [0, 0.1) is 5.92 Å². The molecule has 41 heavy (non-hydrogen) atoms. The number of para-hydroxylation sites is 1. The molecular weight excluding hydrogens is 567 g/mol. The molecule has 2 aromatic carbocycles. The van der Waals surface area contributed by atoms with E-state index in [4.69, 9.17) is 0 Å². The van der Waals surface area contributed by atoms with Gasteiger partial charge in [-0.2, -0.15) is 4.72 Å². The fourth-order valence-electron chi connectivity index (χ4n) is 5.66. The van der Waals surface area contributed by atoms with E-state index in [9.17, 15) is 27.5 Å². The van der Waals surface area contributed by atoms with E-state index in [1.807, 2.05) is 30.3 Å². The summed E-state index contributed by atoms with van der Waals surface area (Å²) in [4.78, 5) is 31.4. The number of thiazole rings is 1. The molecule has 0 aliphatic carbocycles. The number of nitrogens with zero attached hydrogens (tertiary/aromatic N) is 2. The van der Waals surface area contributed by atoms with Crippen LogP contribution >= 0.6 is 11.3 Å². The number of carbonyl (C=O) groups is 2. The summed E-state index contributed by atoms with van der Waals surface area (Å²) in [5, 5.41) is 13.0. The van der Waals surface area contributed by atoms with Crippen LogP contribution in [0.4, 0.5) is 10.1 Å². The SMILES string of the molecule is O=C(O)CCc1cc2c(c(S(=O)(=O)N[C@@H](Cc3nc4ccccc4s3)C(=O)N3CCC(CCF)CC3)c1)NCCC2. The molecule has 0 spiro atoms. The Morgan fingerprint density at radius 3 is 2.73 bits per heavy atom. The summed E-state index contributed by atoms with van der Waals surface area (Å²) < 4.78 is 44.5. The number of benzene rings is 2. The Hall–Kier alpha value is -3.09. The number of amides is 1. The number of rotatable bonds is 11. The van der Waals surface area contributed by atoms with Gasteiger partial charge in [-0.3, -0.25) is 14.0 Å². The number of aromatic nitrogens is 1. The Bertz CT molecular complexity index is 1490. The van der Waals surface area contributed by atoms with Gasteiger partial charge in [-0.25, -0.2) is 13.4 Å². The zero-order valence-corrected chi connectivity index (χ0v) is 24.4. The molecule has 1 aromatic heterocycles. The van der Waals surface area contributed by atoms with Crippen molar-refractivity contribution in [3.8, 4) is 0 Å². The summed E-state index contributed by atoms with van der Waals surface area (Å²) in [5.41, 5.74) is 2.74. The first-order valence-electron chi connectivity index (χ1n) is 14.1. The smallest absolute Gasteiger partial charge is 0.303 e. The zero-order valence-electron chi connectivity index (χ0n) is 22.8. The summed E-state index contributed by atoms with van der Waals surface area (Å²) in [7, 11) is -4.20. The van der Waals surface area contributed by atoms with Crippen molar-refractivity contribution in [1.82, 2.24) is 14.6 Å². The van der Waals surface area contributed by atoms with Gasteiger partial charge in [0, 0.05) is 32.5 Å². The monoisotopic (exact) mass is 602 g/mol. The number of sulfonamides is 1. The summed E-state index contributed by atoms with van der Waals surface area (Å²) in [6, 6.07) is 9.91. The summed E-state index contributed by atoms with van der Waals surface area (Å²) in [5.74, 6) is -1.06. The van der Waals surface area contributed by atoms with E-state index in [-0.39, 0.29) is 42.7 Å². The number of fused-ring (bicyclic) bond motifs is 2. The van der Waals surface area contributed by atoms with Gasteiger partial charge in [0.2, 0.25) is 15.9 Å². The quantitative estimate of drug-likeness (QED) is 0.301. The molecule has 0 unspecified atom stereocenters. The number of nitrogens with one attached hydrogen (secondary N) is 2. The molecule has 9 nitrogen and oxygen atoms in total. The fraction of sp³-hybridized carbons (Fsp3) is 0.483. The Morgan fingerprint density at radius 1 is 1.22 bits per heavy atom. The van der Waals surface area contributed by atoms with Gasteiger partial charge in [0.1, 0.15) is 10.9 Å². The molecule has 1 atom stereocenters. The van der Waals surface area contributed by atoms with Crippen molar-refractivity contribution in [2.75, 3.05) is 31.6 Å². The molecule has 2 aliphatic rings. The lowest BCUT2D eigenvalue weighted by atomic mass is 9.93. The average molecular weight is 603 g/mol. The largest absolute Gasteiger partial charge is 0.481 e. The number of anilines is 1. The Labute approximate surface area is 243 Å². The lowest BCUT2D eigenvalue weighted by molar-refractivity contribution is -0.137. The van der Waals surface area contributed by atoms with Crippen molar-refractivity contribution in [2.45, 2.75) is 62.3 Å². The Balaban J connectivity index is 1.45. The number of halogens is 1. The van der Waals surface area contributed by atoms with Crippen LogP contribution in [0.15, 0.2) is 41.3 Å². The molecule has 1 fully saturated rings. The minimum Gasteiger partial charge on any atom is -0.481 e. The predicted molar refractivity (Wildman–Crippen MR) is 157 cm³/mol. The number of carboxylic acids is 1. The topological polar surface area (TPSA) is 129 Å². The third-order valence-electron chi connectivity index (χ3n) is 7.84. The normalized spacial score (nSPS) is 16.8. The van der Waals surface area contributed by atoms with Gasteiger partial charge in [0.15, 0.2) is 0 Å². The van der Waals surface area contributed by atoms with E-state index in [1.165, 1.54) is 17.4 Å². The number of likely N-dealkylation sites (tertiary alicyclic amines) is 1. The van der Waals surface area contributed by atoms with E-state index in [1.54, 1.807) is 4.90 Å². The number of carboxylic acid groups (broad SMARTS) is 1. The van der Waals surface area contributed by atoms with Crippen molar-refractivity contribution < 1.29 is 27.5 Å². The van der Waals surface area contributed by atoms with Crippen molar-refractivity contribution in [1.29, 1.82) is 0 Å². The predicted octanol–water partition coefficient (Wildman–Crippen LogP) is 4.16. The van der Waals surface area contributed by atoms with Crippen LogP contribution in [0.5, 0.6) is 0 Å². The number of piperidine rings is 1. The van der Waals surface area contributed by atoms with Gasteiger partial charge >= 0.3 is 5.97 Å². The second kappa shape index (κ2) is 12.8. The molecule has 0 bridgehead atoms. The van der Waals surface area contributed by atoms with E-state index in [0.717, 1.165) is 22.2 Å². The first kappa shape index (κ1) is 29.4. The number of hydrogen-bond acceptors (Lipinski definition) is 7. The number of hydrogen-bond donors (Lipinski definition) is 3. The van der Waals surface area contributed by atoms with Crippen LogP contribution < -0.4 is 10.0 Å². The zero-order chi connectivity index (χ0) is 29.0. The van der Waals surface area contributed by atoms with Gasteiger partial charge in [0.25, 0.3) is 0 Å². The highest BCUT2D eigenvalue weighted by atomic mass is 32.2. The van der Waals surface area contributed by atoms with Crippen LogP contribution in [0.3, 0.4) is 0 Å². The first-order valence-corrected chi connectivity index (χ1v) is 16.4. The van der Waals surface area contributed by atoms with Gasteiger partial charge in [-0.15, -0.1) is 11.3 Å². The highest BCUT2D eigenvalue weighted by Gasteiger charge is 2.34. The molecule has 1 amide bonds. The molecule has 3 N–H and O–H groups in total. The molecule has 0 radical (unpaired) electrons. The standard InChI is InChI=1S/C29H35FN4O5S2/c30-12-9-19-10-14-34(15-11-19)29(37)23(18-26-32-22-5-1-2-6-24(22)40-26)33-41(38,39)25-17-20(7-8-27(35)36)16-21-4-3-13-31-28(21)25/h1-2,5-6,16-17,19,23,31,33H,3-4,7-15,18H2,(H,35,36)/t23-/m0/s1. The van der Waals surface area contributed by atoms with Gasteiger partial charge in [-0.1, -0.05) is 18.2 Å². The van der Waals surface area contributed by atoms with Crippen molar-refractivity contribution in [2.24, 2.45) is 5.92 Å². The van der Waals surface area contributed by atoms with Crippen molar-refractivity contribution >= 4 is 49.1 Å². The van der Waals surface area contributed by atoms with Crippen molar-refractivity contribution in [3.05, 3.63) is 52.5 Å². The minimum absolute atomic E-state index is 0.0267. The third kappa shape index (κ3) is 7.04. The Kier molecular flexibility index (Phi) is 9.20. The molecular formula is C29H35FN4O5S2. The number of aryl methyl sites for hydroxylation is 2. The lowest BCUT2D eigenvalue weighted by Gasteiger charge is -2.34. The van der Waals surface area contributed by atoms with E-state index < -0.39 is 22.0 Å². The van der Waals surface area contributed by atoms with Crippen molar-refractivity contribution in [3.63, 3.8) is 0 Å². The summed E-state index contributed by atoms with van der Waals surface area (Å²) in [6.07, 6.45) is 3.52. The van der Waals surface area contributed by atoms with E-state index in [0.29, 0.717) is 61.6 Å². The van der Waals surface area contributed by atoms with Crippen LogP contribution in [-0.2, 0) is 38.9 Å². The highest BCUT2D eigenvalue weighted by Crippen LogP contribution is 2.32. The maximum Gasteiger partial charge on any atom is 0.303 e. The summed E-state index contributed by atoms with van der Waals surface area (Å²) >= 11 is 1.43. The van der Waals surface area contributed by atoms with Crippen LogP contribution in [0.1, 0.15) is 48.2 Å². The maximum absolute atomic E-state index is 14.0. The first-order chi connectivity index (χ1) is 19.7. The van der Waals surface area contributed by atoms with Crippen LogP contribution in [-0.4, -0.2) is 67.6 Å². The van der Waals surface area contributed by atoms with Gasteiger partial charge in [0.05, 0.1) is 27.6 Å². The van der Waals surface area contributed by atoms with Crippen LogP contribution in [0.25, 0.3) is 10.2 Å². The molecule has 5 rings (SSSR count). The molecule has 2 aliphatic heterocycles. The summed E-state index contributed by atoms with van der Waals surface area (Å²) in [6.45, 7) is 1.13. The average Bonchev–Trinajstić information content (AvgIpc) is 3.38. The number of carbonyl (C=O) groups excluding carboxylic acids is 1. The minimum atomic E-state index is -4.20. The van der Waals surface area contributed by atoms with Gasteiger partial charge in [-0.05, 0) is 73.8 Å².